The van der Waals surface area contributed by atoms with Crippen molar-refractivity contribution >= 4 is 0 Å². The Morgan fingerprint density at radius 3 is 2.36 bits per heavy atom. The van der Waals surface area contributed by atoms with E-state index in [0.717, 1.165) is 11.3 Å². The van der Waals surface area contributed by atoms with Gasteiger partial charge in [0.25, 0.3) is 5.89 Å². The van der Waals surface area contributed by atoms with Crippen LogP contribution in [0, 0.1) is 0 Å². The molecular formula is C17H17N3O2. The molecule has 2 N–H and O–H groups in total. The van der Waals surface area contributed by atoms with Crippen LogP contribution in [-0.2, 0) is 13.0 Å². The van der Waals surface area contributed by atoms with Crippen LogP contribution in [0.25, 0.3) is 0 Å². The molecule has 1 aromatic heterocycles. The molecule has 1 unspecified atom stereocenters. The minimum atomic E-state index is -0.319. The van der Waals surface area contributed by atoms with Crippen LogP contribution in [0.1, 0.15) is 23.4 Å². The van der Waals surface area contributed by atoms with Crippen molar-refractivity contribution < 1.29 is 9.15 Å². The topological polar surface area (TPSA) is 74.2 Å². The summed E-state index contributed by atoms with van der Waals surface area (Å²) in [7, 11) is 0. The van der Waals surface area contributed by atoms with E-state index in [4.69, 9.17) is 14.9 Å². The summed E-state index contributed by atoms with van der Waals surface area (Å²) in [6.45, 7) is 0.231. The highest BCUT2D eigenvalue weighted by atomic mass is 16.5. The summed E-state index contributed by atoms with van der Waals surface area (Å²) in [5.74, 6) is 1.61. The molecule has 0 amide bonds. The number of nitrogens with zero attached hydrogens (tertiary/aromatic N) is 2. The lowest BCUT2D eigenvalue weighted by molar-refractivity contribution is 0.256. The van der Waals surface area contributed by atoms with Gasteiger partial charge in [0, 0.05) is 0 Å². The molecule has 2 aromatic carbocycles. The zero-order chi connectivity index (χ0) is 15.2. The lowest BCUT2D eigenvalue weighted by Gasteiger charge is -2.06. The van der Waals surface area contributed by atoms with Gasteiger partial charge in [0.15, 0.2) is 6.61 Å². The van der Waals surface area contributed by atoms with Crippen LogP contribution < -0.4 is 10.5 Å². The molecule has 1 heterocycles. The van der Waals surface area contributed by atoms with Crippen molar-refractivity contribution in [2.24, 2.45) is 5.73 Å². The Kier molecular flexibility index (Phi) is 4.46. The van der Waals surface area contributed by atoms with Crippen molar-refractivity contribution in [3.05, 3.63) is 78.0 Å². The smallest absolute Gasteiger partial charge is 0.253 e. The van der Waals surface area contributed by atoms with E-state index in [1.807, 2.05) is 60.7 Å². The summed E-state index contributed by atoms with van der Waals surface area (Å²) >= 11 is 0. The highest BCUT2D eigenvalue weighted by Gasteiger charge is 2.15. The Morgan fingerprint density at radius 1 is 0.955 bits per heavy atom. The van der Waals surface area contributed by atoms with Crippen LogP contribution in [0.2, 0.25) is 0 Å². The second-order valence-corrected chi connectivity index (χ2v) is 4.93. The lowest BCUT2D eigenvalue weighted by Crippen LogP contribution is -2.13. The fraction of sp³-hybridized carbons (Fsp3) is 0.176. The van der Waals surface area contributed by atoms with Crippen LogP contribution >= 0.6 is 0 Å². The van der Waals surface area contributed by atoms with Crippen LogP contribution in [0.15, 0.2) is 65.1 Å². The summed E-state index contributed by atoms with van der Waals surface area (Å²) in [5, 5.41) is 7.98. The number of nitrogens with two attached hydrogens (primary N) is 1. The predicted octanol–water partition coefficient (Wildman–Crippen LogP) is 2.89. The van der Waals surface area contributed by atoms with Crippen LogP contribution in [0.5, 0.6) is 5.75 Å². The summed E-state index contributed by atoms with van der Waals surface area (Å²) in [6, 6.07) is 19.2. The van der Waals surface area contributed by atoms with E-state index in [1.165, 1.54) is 0 Å². The Bertz CT molecular complexity index is 698. The van der Waals surface area contributed by atoms with Gasteiger partial charge in [0.05, 0.1) is 6.04 Å². The number of para-hydroxylation sites is 1. The van der Waals surface area contributed by atoms with E-state index in [0.29, 0.717) is 18.2 Å². The molecule has 0 radical (unpaired) electrons. The largest absolute Gasteiger partial charge is 0.484 e. The van der Waals surface area contributed by atoms with E-state index < -0.39 is 0 Å². The zero-order valence-electron chi connectivity index (χ0n) is 12.1. The average molecular weight is 295 g/mol. The van der Waals surface area contributed by atoms with E-state index in [1.54, 1.807) is 0 Å². The summed E-state index contributed by atoms with van der Waals surface area (Å²) in [4.78, 5) is 0. The number of ether oxygens (including phenoxy) is 1. The first kappa shape index (κ1) is 14.3. The standard InChI is InChI=1S/C17H17N3O2/c18-15(11-13-7-3-1-4-8-13)17-20-19-16(22-17)12-21-14-9-5-2-6-10-14/h1-10,15H,11-12,18H2. The number of hydrogen-bond acceptors (Lipinski definition) is 5. The highest BCUT2D eigenvalue weighted by molar-refractivity contribution is 5.21. The molecule has 0 fully saturated rings. The van der Waals surface area contributed by atoms with Crippen molar-refractivity contribution in [3.63, 3.8) is 0 Å². The summed E-state index contributed by atoms with van der Waals surface area (Å²) in [5.41, 5.74) is 7.25. The minimum Gasteiger partial charge on any atom is -0.484 e. The van der Waals surface area contributed by atoms with Gasteiger partial charge < -0.3 is 14.9 Å². The quantitative estimate of drug-likeness (QED) is 0.757. The van der Waals surface area contributed by atoms with Gasteiger partial charge in [0.2, 0.25) is 5.89 Å². The third-order valence-electron chi connectivity index (χ3n) is 3.20. The Hall–Kier alpha value is -2.66. The molecule has 0 aliphatic heterocycles. The number of benzene rings is 2. The van der Waals surface area contributed by atoms with Gasteiger partial charge >= 0.3 is 0 Å². The molecule has 0 saturated heterocycles. The molecule has 0 aliphatic carbocycles. The predicted molar refractivity (Wildman–Crippen MR) is 82.1 cm³/mol. The molecule has 1 atom stereocenters. The summed E-state index contributed by atoms with van der Waals surface area (Å²) < 4.78 is 11.1. The monoisotopic (exact) mass is 295 g/mol. The second kappa shape index (κ2) is 6.87. The van der Waals surface area contributed by atoms with Gasteiger partial charge in [-0.05, 0) is 24.1 Å². The Balaban J connectivity index is 1.58. The molecular weight excluding hydrogens is 278 g/mol. The maximum Gasteiger partial charge on any atom is 0.253 e. The molecule has 112 valence electrons. The average Bonchev–Trinajstić information content (AvgIpc) is 3.04. The number of aromatic nitrogens is 2. The van der Waals surface area contributed by atoms with Crippen molar-refractivity contribution in [2.75, 3.05) is 0 Å². The third kappa shape index (κ3) is 3.71. The molecule has 0 aliphatic rings. The minimum absolute atomic E-state index is 0.231. The van der Waals surface area contributed by atoms with Crippen molar-refractivity contribution in [1.82, 2.24) is 10.2 Å². The molecule has 0 spiro atoms. The van der Waals surface area contributed by atoms with Gasteiger partial charge in [-0.2, -0.15) is 0 Å². The number of hydrogen-bond donors (Lipinski definition) is 1. The van der Waals surface area contributed by atoms with E-state index in [-0.39, 0.29) is 12.6 Å². The van der Waals surface area contributed by atoms with Gasteiger partial charge in [-0.15, -0.1) is 10.2 Å². The second-order valence-electron chi connectivity index (χ2n) is 4.93. The van der Waals surface area contributed by atoms with Gasteiger partial charge in [0.1, 0.15) is 5.75 Å². The molecule has 3 aromatic rings. The Morgan fingerprint density at radius 2 is 1.64 bits per heavy atom. The zero-order valence-corrected chi connectivity index (χ0v) is 12.1. The first-order valence-corrected chi connectivity index (χ1v) is 7.11. The maximum absolute atomic E-state index is 6.11. The fourth-order valence-corrected chi connectivity index (χ4v) is 2.09. The fourth-order valence-electron chi connectivity index (χ4n) is 2.09. The maximum atomic E-state index is 6.11. The van der Waals surface area contributed by atoms with Crippen LogP contribution in [-0.4, -0.2) is 10.2 Å². The van der Waals surface area contributed by atoms with E-state index in [9.17, 15) is 0 Å². The van der Waals surface area contributed by atoms with Crippen LogP contribution in [0.3, 0.4) is 0 Å². The van der Waals surface area contributed by atoms with Crippen molar-refractivity contribution in [2.45, 2.75) is 19.1 Å². The van der Waals surface area contributed by atoms with Gasteiger partial charge in [-0.1, -0.05) is 48.5 Å². The Labute approximate surface area is 128 Å². The van der Waals surface area contributed by atoms with E-state index >= 15 is 0 Å². The first-order chi connectivity index (χ1) is 10.8. The molecule has 5 nitrogen and oxygen atoms in total. The third-order valence-corrected chi connectivity index (χ3v) is 3.20. The van der Waals surface area contributed by atoms with Crippen molar-refractivity contribution in [1.29, 1.82) is 0 Å². The molecule has 0 bridgehead atoms. The van der Waals surface area contributed by atoms with E-state index in [2.05, 4.69) is 10.2 Å². The highest BCUT2D eigenvalue weighted by Crippen LogP contribution is 2.16. The van der Waals surface area contributed by atoms with Gasteiger partial charge in [-0.3, -0.25) is 0 Å². The normalized spacial score (nSPS) is 12.0. The number of rotatable bonds is 6. The molecule has 0 saturated carbocycles. The lowest BCUT2D eigenvalue weighted by atomic mass is 10.1. The van der Waals surface area contributed by atoms with Crippen LogP contribution in [0.4, 0.5) is 0 Å². The first-order valence-electron chi connectivity index (χ1n) is 7.11. The molecule has 22 heavy (non-hydrogen) atoms. The molecule has 5 heteroatoms. The summed E-state index contributed by atoms with van der Waals surface area (Å²) in [6.07, 6.45) is 0.655. The van der Waals surface area contributed by atoms with Gasteiger partial charge in [-0.25, -0.2) is 0 Å². The SMILES string of the molecule is NC(Cc1ccccc1)c1nnc(COc2ccccc2)o1. The van der Waals surface area contributed by atoms with Crippen molar-refractivity contribution in [3.8, 4) is 5.75 Å². The molecule has 3 rings (SSSR count).